The topological polar surface area (TPSA) is 98.8 Å². The average Bonchev–Trinajstić information content (AvgIpc) is 2.63. The fourth-order valence-corrected chi connectivity index (χ4v) is 3.33. The van der Waals surface area contributed by atoms with Gasteiger partial charge in [0.15, 0.2) is 5.81 Å². The molecule has 2 radical (unpaired) electrons. The highest BCUT2D eigenvalue weighted by atomic mass is 32.2. The van der Waals surface area contributed by atoms with E-state index in [9.17, 15) is 26.8 Å². The fraction of sp³-hybridized carbons (Fsp3) is 0.263. The van der Waals surface area contributed by atoms with Crippen molar-refractivity contribution >= 4 is 29.7 Å². The van der Waals surface area contributed by atoms with E-state index in [1.54, 1.807) is 18.2 Å². The minimum Gasteiger partial charge on any atom is -0.459 e. The highest BCUT2D eigenvalue weighted by molar-refractivity contribution is 7.86. The van der Waals surface area contributed by atoms with Crippen LogP contribution in [0.4, 0.5) is 13.6 Å². The first-order chi connectivity index (χ1) is 14.0. The van der Waals surface area contributed by atoms with Gasteiger partial charge in [-0.1, -0.05) is 18.2 Å². The summed E-state index contributed by atoms with van der Waals surface area (Å²) in [6, 6.07) is 9.38. The van der Waals surface area contributed by atoms with Gasteiger partial charge in [-0.15, -0.1) is 0 Å². The standard InChI is InChI=1S/C19H18BF2NO6S/c1-30(26,27)29-17(11-28-18(24)13-5-3-2-4-6-13)16(23-19(20)25)9-12-7-14(21)10-15(22)8-12/h2-8,10,16-17H,9,11H2,1H3,(H,23,25)/t16-,17+/m0/s1. The molecule has 7 nitrogen and oxygen atoms in total. The Morgan fingerprint density at radius 3 is 2.23 bits per heavy atom. The smallest absolute Gasteiger partial charge is 0.338 e. The number of carbonyl (C=O) groups is 2. The summed E-state index contributed by atoms with van der Waals surface area (Å²) in [5.41, 5.74) is 0.310. The Hall–Kier alpha value is -2.79. The lowest BCUT2D eigenvalue weighted by Gasteiger charge is -2.27. The van der Waals surface area contributed by atoms with Crippen LogP contribution in [-0.2, 0) is 25.5 Å². The van der Waals surface area contributed by atoms with Crippen LogP contribution in [0, 0.1) is 11.6 Å². The lowest BCUT2D eigenvalue weighted by Crippen LogP contribution is -2.48. The van der Waals surface area contributed by atoms with E-state index in [1.165, 1.54) is 12.1 Å². The lowest BCUT2D eigenvalue weighted by atomic mass is 9.99. The number of nitrogens with one attached hydrogen (secondary N) is 1. The predicted octanol–water partition coefficient (Wildman–Crippen LogP) is 1.96. The molecular weight excluding hydrogens is 419 g/mol. The Labute approximate surface area is 173 Å². The molecule has 0 saturated heterocycles. The Balaban J connectivity index is 2.25. The van der Waals surface area contributed by atoms with Gasteiger partial charge < -0.3 is 10.1 Å². The van der Waals surface area contributed by atoms with Gasteiger partial charge in [-0.2, -0.15) is 8.42 Å². The van der Waals surface area contributed by atoms with Crippen molar-refractivity contribution in [3.05, 3.63) is 71.3 Å². The lowest BCUT2D eigenvalue weighted by molar-refractivity contribution is 0.0259. The van der Waals surface area contributed by atoms with Crippen LogP contribution in [0.5, 0.6) is 0 Å². The number of halogens is 2. The van der Waals surface area contributed by atoms with E-state index in [-0.39, 0.29) is 17.5 Å². The van der Waals surface area contributed by atoms with E-state index in [0.29, 0.717) is 6.07 Å². The number of esters is 1. The SMILES string of the molecule is [B]C(=O)N[C@@H](Cc1cc(F)cc(F)c1)[C@@H](COC(=O)c1ccccc1)OS(C)(=O)=O. The maximum absolute atomic E-state index is 13.5. The van der Waals surface area contributed by atoms with E-state index in [1.807, 2.05) is 0 Å². The normalized spacial score (nSPS) is 13.3. The van der Waals surface area contributed by atoms with Crippen LogP contribution >= 0.6 is 0 Å². The van der Waals surface area contributed by atoms with Crippen LogP contribution in [-0.4, -0.2) is 53.0 Å². The van der Waals surface area contributed by atoms with Gasteiger partial charge in [0, 0.05) is 6.07 Å². The number of amides is 1. The Morgan fingerprint density at radius 1 is 1.10 bits per heavy atom. The quantitative estimate of drug-likeness (QED) is 0.366. The second-order valence-electron chi connectivity index (χ2n) is 6.40. The Kier molecular flexibility index (Phi) is 8.07. The second-order valence-corrected chi connectivity index (χ2v) is 8.00. The highest BCUT2D eigenvalue weighted by Gasteiger charge is 2.29. The molecule has 0 unspecified atom stereocenters. The third-order valence-electron chi connectivity index (χ3n) is 3.84. The first-order valence-corrected chi connectivity index (χ1v) is 10.5. The van der Waals surface area contributed by atoms with Crippen molar-refractivity contribution in [2.75, 3.05) is 12.9 Å². The van der Waals surface area contributed by atoms with Crippen LogP contribution in [0.15, 0.2) is 48.5 Å². The molecule has 0 spiro atoms. The minimum absolute atomic E-state index is 0.0998. The van der Waals surface area contributed by atoms with Crippen molar-refractivity contribution < 1.29 is 35.7 Å². The zero-order valence-electron chi connectivity index (χ0n) is 15.9. The third-order valence-corrected chi connectivity index (χ3v) is 4.44. The first kappa shape index (κ1) is 23.5. The molecule has 2 aromatic rings. The number of hydrogen-bond acceptors (Lipinski definition) is 6. The van der Waals surface area contributed by atoms with E-state index in [0.717, 1.165) is 18.4 Å². The molecule has 2 atom stereocenters. The Bertz CT molecular complexity index is 983. The summed E-state index contributed by atoms with van der Waals surface area (Å²) in [6.07, 6.45) is -0.894. The molecule has 0 fully saturated rings. The summed E-state index contributed by atoms with van der Waals surface area (Å²) in [7, 11) is 1.09. The molecule has 2 rings (SSSR count). The van der Waals surface area contributed by atoms with Crippen molar-refractivity contribution in [1.82, 2.24) is 5.32 Å². The molecule has 0 aliphatic heterocycles. The third kappa shape index (κ3) is 7.92. The van der Waals surface area contributed by atoms with E-state index < -0.39 is 52.3 Å². The molecule has 30 heavy (non-hydrogen) atoms. The number of ether oxygens (including phenoxy) is 1. The van der Waals surface area contributed by atoms with Crippen molar-refractivity contribution in [2.45, 2.75) is 18.6 Å². The van der Waals surface area contributed by atoms with Crippen LogP contribution in [0.1, 0.15) is 15.9 Å². The van der Waals surface area contributed by atoms with Crippen molar-refractivity contribution in [3.63, 3.8) is 0 Å². The van der Waals surface area contributed by atoms with Crippen molar-refractivity contribution in [2.24, 2.45) is 0 Å². The number of hydrogen-bond donors (Lipinski definition) is 1. The summed E-state index contributed by atoms with van der Waals surface area (Å²) in [5, 5.41) is 2.27. The molecular formula is C19H18BF2NO6S. The van der Waals surface area contributed by atoms with Crippen molar-refractivity contribution in [3.8, 4) is 0 Å². The van der Waals surface area contributed by atoms with Crippen LogP contribution in [0.25, 0.3) is 0 Å². The largest absolute Gasteiger partial charge is 0.459 e. The van der Waals surface area contributed by atoms with Crippen molar-refractivity contribution in [1.29, 1.82) is 0 Å². The van der Waals surface area contributed by atoms with Gasteiger partial charge in [-0.05, 0) is 36.2 Å². The van der Waals surface area contributed by atoms with Gasteiger partial charge in [-0.3, -0.25) is 8.98 Å². The van der Waals surface area contributed by atoms with Gasteiger partial charge in [0.25, 0.3) is 10.1 Å². The predicted molar refractivity (Wildman–Crippen MR) is 105 cm³/mol. The van der Waals surface area contributed by atoms with Gasteiger partial charge in [-0.25, -0.2) is 13.6 Å². The summed E-state index contributed by atoms with van der Waals surface area (Å²) in [4.78, 5) is 23.6. The van der Waals surface area contributed by atoms with Gasteiger partial charge >= 0.3 is 5.97 Å². The molecule has 1 amide bonds. The average molecular weight is 437 g/mol. The Morgan fingerprint density at radius 2 is 1.70 bits per heavy atom. The summed E-state index contributed by atoms with van der Waals surface area (Å²) in [5.74, 6) is -3.52. The number of carbonyl (C=O) groups excluding carboxylic acids is 2. The van der Waals surface area contributed by atoms with Crippen LogP contribution in [0.2, 0.25) is 0 Å². The number of benzene rings is 2. The molecule has 11 heteroatoms. The van der Waals surface area contributed by atoms with Gasteiger partial charge in [0.1, 0.15) is 24.3 Å². The molecule has 0 aliphatic rings. The minimum atomic E-state index is -4.06. The first-order valence-electron chi connectivity index (χ1n) is 8.65. The van der Waals surface area contributed by atoms with E-state index in [2.05, 4.69) is 5.32 Å². The maximum atomic E-state index is 13.5. The van der Waals surface area contributed by atoms with Gasteiger partial charge in [0.05, 0.1) is 17.9 Å². The summed E-state index contributed by atoms with van der Waals surface area (Å²) in [6.45, 7) is -0.580. The molecule has 0 saturated carbocycles. The number of rotatable bonds is 9. The molecule has 158 valence electrons. The molecule has 0 aromatic heterocycles. The zero-order chi connectivity index (χ0) is 22.3. The molecule has 2 aromatic carbocycles. The monoisotopic (exact) mass is 437 g/mol. The van der Waals surface area contributed by atoms with Crippen LogP contribution in [0.3, 0.4) is 0 Å². The highest BCUT2D eigenvalue weighted by Crippen LogP contribution is 2.15. The zero-order valence-corrected chi connectivity index (χ0v) is 16.7. The summed E-state index contributed by atoms with van der Waals surface area (Å²) < 4.78 is 60.4. The molecule has 0 aliphatic carbocycles. The molecule has 0 bridgehead atoms. The van der Waals surface area contributed by atoms with E-state index >= 15 is 0 Å². The van der Waals surface area contributed by atoms with Gasteiger partial charge in [0.2, 0.25) is 7.85 Å². The fourth-order valence-electron chi connectivity index (χ4n) is 2.69. The van der Waals surface area contributed by atoms with E-state index in [4.69, 9.17) is 16.8 Å². The molecule has 0 heterocycles. The second kappa shape index (κ2) is 10.3. The summed E-state index contributed by atoms with van der Waals surface area (Å²) >= 11 is 0. The molecule has 1 N–H and O–H groups in total. The van der Waals surface area contributed by atoms with Crippen LogP contribution < -0.4 is 5.32 Å². The maximum Gasteiger partial charge on any atom is 0.338 e.